The summed E-state index contributed by atoms with van der Waals surface area (Å²) < 4.78 is 30.8. The third-order valence-electron chi connectivity index (χ3n) is 5.22. The number of sulfonamides is 1. The van der Waals surface area contributed by atoms with Crippen LogP contribution in [0.3, 0.4) is 0 Å². The molecule has 1 N–H and O–H groups in total. The minimum atomic E-state index is -3.64. The molecule has 7 nitrogen and oxygen atoms in total. The summed E-state index contributed by atoms with van der Waals surface area (Å²) in [6, 6.07) is 14.8. The van der Waals surface area contributed by atoms with Gasteiger partial charge >= 0.3 is 5.69 Å². The van der Waals surface area contributed by atoms with Gasteiger partial charge in [0.15, 0.2) is 5.82 Å². The minimum Gasteiger partial charge on any atom is -0.272 e. The Morgan fingerprint density at radius 2 is 1.79 bits per heavy atom. The number of hydrogen-bond acceptors (Lipinski definition) is 4. The van der Waals surface area contributed by atoms with E-state index in [1.807, 2.05) is 44.2 Å². The molecule has 1 fully saturated rings. The van der Waals surface area contributed by atoms with Crippen LogP contribution < -0.4 is 10.4 Å². The van der Waals surface area contributed by atoms with E-state index in [0.717, 1.165) is 29.5 Å². The topological polar surface area (TPSA) is 86.0 Å². The first-order valence-corrected chi connectivity index (χ1v) is 11.2. The number of aromatic nitrogens is 3. The highest BCUT2D eigenvalue weighted by molar-refractivity contribution is 7.89. The smallest absolute Gasteiger partial charge is 0.272 e. The van der Waals surface area contributed by atoms with E-state index in [2.05, 4.69) is 9.82 Å². The van der Waals surface area contributed by atoms with Crippen LogP contribution in [0.5, 0.6) is 0 Å². The molecule has 0 unspecified atom stereocenters. The third kappa shape index (κ3) is 4.04. The maximum Gasteiger partial charge on any atom is 0.346 e. The lowest BCUT2D eigenvalue weighted by atomic mass is 10.1. The van der Waals surface area contributed by atoms with E-state index in [4.69, 9.17) is 0 Å². The van der Waals surface area contributed by atoms with Crippen molar-refractivity contribution in [2.24, 2.45) is 0 Å². The van der Waals surface area contributed by atoms with Gasteiger partial charge in [-0.05, 0) is 49.9 Å². The van der Waals surface area contributed by atoms with Crippen molar-refractivity contribution in [1.29, 1.82) is 0 Å². The second kappa shape index (κ2) is 7.61. The molecule has 0 aliphatic heterocycles. The van der Waals surface area contributed by atoms with Crippen LogP contribution in [-0.4, -0.2) is 29.3 Å². The Bertz CT molecular complexity index is 1190. The van der Waals surface area contributed by atoms with E-state index in [1.165, 1.54) is 4.68 Å². The van der Waals surface area contributed by atoms with Crippen LogP contribution in [0, 0.1) is 13.8 Å². The first-order valence-electron chi connectivity index (χ1n) is 9.68. The van der Waals surface area contributed by atoms with E-state index in [1.54, 1.807) is 22.8 Å². The summed E-state index contributed by atoms with van der Waals surface area (Å²) in [5.74, 6) is 0.634. The van der Waals surface area contributed by atoms with Crippen molar-refractivity contribution in [2.75, 3.05) is 6.54 Å². The van der Waals surface area contributed by atoms with Crippen LogP contribution in [0.1, 0.15) is 30.0 Å². The SMILES string of the molecule is Cc1ccc(S(=O)(=O)NCCn2nc(-c3ccccc3)n(C3CC3)c2=O)cc1C. The predicted molar refractivity (Wildman–Crippen MR) is 111 cm³/mol. The highest BCUT2D eigenvalue weighted by atomic mass is 32.2. The average Bonchev–Trinajstić information content (AvgIpc) is 3.48. The summed E-state index contributed by atoms with van der Waals surface area (Å²) in [6.45, 7) is 4.07. The van der Waals surface area contributed by atoms with E-state index in [9.17, 15) is 13.2 Å². The molecular formula is C21H24N4O3S. The largest absolute Gasteiger partial charge is 0.346 e. The fourth-order valence-corrected chi connectivity index (χ4v) is 4.37. The standard InChI is InChI=1S/C21H24N4O3S/c1-15-8-11-19(14-16(15)2)29(27,28)22-12-13-24-21(26)25(18-9-10-18)20(23-24)17-6-4-3-5-7-17/h3-8,11,14,18,22H,9-10,12-13H2,1-2H3. The van der Waals surface area contributed by atoms with E-state index >= 15 is 0 Å². The van der Waals surface area contributed by atoms with Gasteiger partial charge in [0.05, 0.1) is 11.4 Å². The Hall–Kier alpha value is -2.71. The Kier molecular flexibility index (Phi) is 5.14. The van der Waals surface area contributed by atoms with Gasteiger partial charge in [-0.3, -0.25) is 4.57 Å². The summed E-state index contributed by atoms with van der Waals surface area (Å²) >= 11 is 0. The highest BCUT2D eigenvalue weighted by Crippen LogP contribution is 2.36. The van der Waals surface area contributed by atoms with Gasteiger partial charge in [-0.15, -0.1) is 5.10 Å². The molecule has 1 aliphatic carbocycles. The Morgan fingerprint density at radius 1 is 1.07 bits per heavy atom. The van der Waals surface area contributed by atoms with Gasteiger partial charge in [0.25, 0.3) is 0 Å². The van der Waals surface area contributed by atoms with Crippen molar-refractivity contribution < 1.29 is 8.42 Å². The van der Waals surface area contributed by atoms with Gasteiger partial charge in [-0.2, -0.15) is 0 Å². The van der Waals surface area contributed by atoms with Crippen LogP contribution in [0.2, 0.25) is 0 Å². The zero-order chi connectivity index (χ0) is 20.6. The Balaban J connectivity index is 1.53. The molecule has 0 radical (unpaired) electrons. The molecule has 152 valence electrons. The summed E-state index contributed by atoms with van der Waals surface area (Å²) in [5, 5.41) is 4.49. The lowest BCUT2D eigenvalue weighted by Gasteiger charge is -2.08. The predicted octanol–water partition coefficient (Wildman–Crippen LogP) is 2.64. The summed E-state index contributed by atoms with van der Waals surface area (Å²) in [7, 11) is -3.64. The Morgan fingerprint density at radius 3 is 2.45 bits per heavy atom. The fraction of sp³-hybridized carbons (Fsp3) is 0.333. The average molecular weight is 413 g/mol. The van der Waals surface area contributed by atoms with Crippen LogP contribution in [0.15, 0.2) is 58.2 Å². The lowest BCUT2D eigenvalue weighted by Crippen LogP contribution is -2.32. The van der Waals surface area contributed by atoms with E-state index in [0.29, 0.717) is 5.82 Å². The van der Waals surface area contributed by atoms with Crippen LogP contribution in [0.4, 0.5) is 0 Å². The molecule has 4 rings (SSSR count). The molecule has 0 atom stereocenters. The molecule has 1 aromatic heterocycles. The molecular weight excluding hydrogens is 388 g/mol. The molecule has 3 aromatic rings. The number of benzene rings is 2. The van der Waals surface area contributed by atoms with Gasteiger partial charge in [-0.1, -0.05) is 36.4 Å². The monoisotopic (exact) mass is 412 g/mol. The molecule has 29 heavy (non-hydrogen) atoms. The molecule has 0 saturated heterocycles. The van der Waals surface area contributed by atoms with Crippen molar-refractivity contribution in [1.82, 2.24) is 19.1 Å². The maximum atomic E-state index is 12.8. The van der Waals surface area contributed by atoms with Crippen molar-refractivity contribution in [3.8, 4) is 11.4 Å². The molecule has 1 saturated carbocycles. The molecule has 1 aliphatic rings. The minimum absolute atomic E-state index is 0.0884. The quantitative estimate of drug-likeness (QED) is 0.646. The number of hydrogen-bond donors (Lipinski definition) is 1. The highest BCUT2D eigenvalue weighted by Gasteiger charge is 2.30. The van der Waals surface area contributed by atoms with Crippen molar-refractivity contribution >= 4 is 10.0 Å². The number of nitrogens with zero attached hydrogens (tertiary/aromatic N) is 3. The lowest BCUT2D eigenvalue weighted by molar-refractivity contribution is 0.547. The van der Waals surface area contributed by atoms with Gasteiger partial charge < -0.3 is 0 Å². The first kappa shape index (κ1) is 19.6. The molecule has 8 heteroatoms. The van der Waals surface area contributed by atoms with Crippen LogP contribution >= 0.6 is 0 Å². The molecule has 1 heterocycles. The Labute approximate surface area is 170 Å². The summed E-state index contributed by atoms with van der Waals surface area (Å²) in [5.41, 5.74) is 2.64. The third-order valence-corrected chi connectivity index (χ3v) is 6.68. The number of nitrogens with one attached hydrogen (secondary N) is 1. The van der Waals surface area contributed by atoms with Crippen molar-refractivity contribution in [3.05, 3.63) is 70.1 Å². The van der Waals surface area contributed by atoms with Crippen LogP contribution in [0.25, 0.3) is 11.4 Å². The number of rotatable bonds is 7. The summed E-state index contributed by atoms with van der Waals surface area (Å²) in [4.78, 5) is 13.1. The maximum absolute atomic E-state index is 12.8. The fourth-order valence-electron chi connectivity index (χ4n) is 3.26. The zero-order valence-electron chi connectivity index (χ0n) is 16.5. The molecule has 0 bridgehead atoms. The second-order valence-corrected chi connectivity index (χ2v) is 9.21. The van der Waals surface area contributed by atoms with Crippen molar-refractivity contribution in [2.45, 2.75) is 44.2 Å². The van der Waals surface area contributed by atoms with Gasteiger partial charge in [0.1, 0.15) is 0 Å². The van der Waals surface area contributed by atoms with Gasteiger partial charge in [-0.25, -0.2) is 22.6 Å². The zero-order valence-corrected chi connectivity index (χ0v) is 17.3. The molecule has 0 spiro atoms. The van der Waals surface area contributed by atoms with Crippen LogP contribution in [-0.2, 0) is 16.6 Å². The number of aryl methyl sites for hydroxylation is 2. The van der Waals surface area contributed by atoms with E-state index in [-0.39, 0.29) is 29.7 Å². The van der Waals surface area contributed by atoms with Gasteiger partial charge in [0, 0.05) is 18.2 Å². The van der Waals surface area contributed by atoms with E-state index < -0.39 is 10.0 Å². The van der Waals surface area contributed by atoms with Crippen molar-refractivity contribution in [3.63, 3.8) is 0 Å². The normalized spacial score (nSPS) is 14.3. The first-order chi connectivity index (χ1) is 13.9. The second-order valence-electron chi connectivity index (χ2n) is 7.44. The molecule has 2 aromatic carbocycles. The summed E-state index contributed by atoms with van der Waals surface area (Å²) in [6.07, 6.45) is 1.93. The van der Waals surface area contributed by atoms with Gasteiger partial charge in [0.2, 0.25) is 10.0 Å². The molecule has 0 amide bonds.